The largest absolute Gasteiger partial charge is 0.481 e. The normalized spacial score (nSPS) is 17.9. The number of aryl methyl sites for hydroxylation is 2. The molecule has 1 aliphatic heterocycles. The first-order chi connectivity index (χ1) is 17.3. The van der Waals surface area contributed by atoms with Crippen LogP contribution in [-0.4, -0.2) is 40.8 Å². The van der Waals surface area contributed by atoms with Crippen LogP contribution in [0, 0.1) is 13.8 Å². The van der Waals surface area contributed by atoms with Crippen molar-refractivity contribution in [2.45, 2.75) is 58.7 Å². The summed E-state index contributed by atoms with van der Waals surface area (Å²) in [5, 5.41) is 3.79. The summed E-state index contributed by atoms with van der Waals surface area (Å²) in [7, 11) is 1.59. The molecule has 8 nitrogen and oxygen atoms in total. The molecule has 36 heavy (non-hydrogen) atoms. The molecule has 190 valence electrons. The summed E-state index contributed by atoms with van der Waals surface area (Å²) in [6.07, 6.45) is 4.57. The molecular formula is C27H32BrN5O3. The van der Waals surface area contributed by atoms with Crippen LogP contribution in [-0.2, 0) is 4.74 Å². The zero-order chi connectivity index (χ0) is 25.8. The van der Waals surface area contributed by atoms with Crippen molar-refractivity contribution in [1.29, 1.82) is 0 Å². The number of methoxy groups -OCH3 is 1. The zero-order valence-electron chi connectivity index (χ0n) is 21.3. The molecule has 1 aromatic carbocycles. The lowest BCUT2D eigenvalue weighted by molar-refractivity contribution is 0.154. The molecule has 1 aliphatic rings. The third-order valence-electron chi connectivity index (χ3n) is 6.33. The van der Waals surface area contributed by atoms with Crippen molar-refractivity contribution in [2.75, 3.05) is 18.6 Å². The van der Waals surface area contributed by atoms with Gasteiger partial charge in [0.05, 0.1) is 41.7 Å². The number of rotatable bonds is 7. The minimum atomic E-state index is -0.363. The van der Waals surface area contributed by atoms with E-state index in [1.54, 1.807) is 30.5 Å². The number of carbonyl (C=O) groups is 1. The monoisotopic (exact) mass is 553 g/mol. The summed E-state index contributed by atoms with van der Waals surface area (Å²) < 4.78 is 11.7. The van der Waals surface area contributed by atoms with E-state index < -0.39 is 0 Å². The summed E-state index contributed by atoms with van der Waals surface area (Å²) in [4.78, 5) is 28.7. The highest BCUT2D eigenvalue weighted by Crippen LogP contribution is 2.40. The first-order valence-electron chi connectivity index (χ1n) is 12.2. The van der Waals surface area contributed by atoms with Gasteiger partial charge in [-0.2, -0.15) is 0 Å². The van der Waals surface area contributed by atoms with Crippen LogP contribution in [0.25, 0.3) is 0 Å². The second-order valence-electron chi connectivity index (χ2n) is 8.96. The van der Waals surface area contributed by atoms with E-state index in [4.69, 9.17) is 14.5 Å². The van der Waals surface area contributed by atoms with Crippen LogP contribution in [0.3, 0.4) is 0 Å². The molecule has 9 heteroatoms. The van der Waals surface area contributed by atoms with Crippen molar-refractivity contribution < 1.29 is 14.3 Å². The van der Waals surface area contributed by atoms with Gasteiger partial charge in [-0.1, -0.05) is 36.2 Å². The Bertz CT molecular complexity index is 1200. The average molecular weight is 554 g/mol. The second kappa shape index (κ2) is 11.3. The Balaban J connectivity index is 1.81. The molecule has 1 unspecified atom stereocenters. The number of hydrogen-bond donors (Lipinski definition) is 1. The molecular weight excluding hydrogens is 522 g/mol. The van der Waals surface area contributed by atoms with Gasteiger partial charge in [-0.3, -0.25) is 10.2 Å². The molecule has 1 amide bonds. The lowest BCUT2D eigenvalue weighted by atomic mass is 9.91. The van der Waals surface area contributed by atoms with Gasteiger partial charge in [0, 0.05) is 24.5 Å². The van der Waals surface area contributed by atoms with Crippen LogP contribution in [0.5, 0.6) is 5.88 Å². The first-order valence-corrected chi connectivity index (χ1v) is 13.0. The molecule has 3 aromatic rings. The Labute approximate surface area is 220 Å². The molecule has 1 N–H and O–H groups in total. The van der Waals surface area contributed by atoms with Crippen LogP contribution in [0.1, 0.15) is 67.0 Å². The van der Waals surface area contributed by atoms with Crippen molar-refractivity contribution in [2.24, 2.45) is 0 Å². The molecule has 0 saturated carbocycles. The van der Waals surface area contributed by atoms with Gasteiger partial charge < -0.3 is 9.47 Å². The number of nitrogens with one attached hydrogen (secondary N) is 1. The number of halogens is 1. The van der Waals surface area contributed by atoms with Gasteiger partial charge in [-0.05, 0) is 61.2 Å². The number of carbonyl (C=O) groups excluding carboxylic acids is 1. The fraction of sp³-hybridized carbons (Fsp3) is 0.407. The molecule has 0 saturated heterocycles. The molecule has 0 radical (unpaired) electrons. The van der Waals surface area contributed by atoms with E-state index in [1.807, 2.05) is 13.0 Å². The second-order valence-corrected chi connectivity index (χ2v) is 9.87. The van der Waals surface area contributed by atoms with Gasteiger partial charge >= 0.3 is 6.09 Å². The predicted molar refractivity (Wildman–Crippen MR) is 142 cm³/mol. The number of fused-ring (bicyclic) bond motifs is 1. The molecule has 2 aromatic heterocycles. The summed E-state index contributed by atoms with van der Waals surface area (Å²) in [5.41, 5.74) is 4.86. The fourth-order valence-corrected chi connectivity index (χ4v) is 5.02. The smallest absolute Gasteiger partial charge is 0.414 e. The van der Waals surface area contributed by atoms with E-state index in [9.17, 15) is 4.79 Å². The highest BCUT2D eigenvalue weighted by Gasteiger charge is 2.39. The minimum absolute atomic E-state index is 0.0602. The van der Waals surface area contributed by atoms with Crippen molar-refractivity contribution in [3.63, 3.8) is 0 Å². The first kappa shape index (κ1) is 26.0. The van der Waals surface area contributed by atoms with Crippen LogP contribution >= 0.6 is 15.9 Å². The maximum absolute atomic E-state index is 13.0. The number of amides is 1. The summed E-state index contributed by atoms with van der Waals surface area (Å²) in [6.45, 7) is 8.37. The quantitative estimate of drug-likeness (QED) is 0.393. The Hall–Kier alpha value is -3.04. The van der Waals surface area contributed by atoms with Gasteiger partial charge in [-0.25, -0.2) is 19.7 Å². The van der Waals surface area contributed by atoms with E-state index in [2.05, 4.69) is 70.2 Å². The van der Waals surface area contributed by atoms with Crippen LogP contribution in [0.15, 0.2) is 47.2 Å². The third kappa shape index (κ3) is 5.52. The van der Waals surface area contributed by atoms with E-state index in [0.29, 0.717) is 24.7 Å². The number of aromatic nitrogens is 3. The number of ether oxygens (including phenoxy) is 2. The Morgan fingerprint density at radius 1 is 1.17 bits per heavy atom. The molecule has 4 rings (SSSR count). The predicted octanol–water partition coefficient (Wildman–Crippen LogP) is 5.83. The molecule has 0 aliphatic carbocycles. The molecule has 0 bridgehead atoms. The SMILES string of the molecule is CCOC(=O)N1c2ccc(OC)nc2[C@@H](NC(c2cc(C)cc(C)c2)c2ncc(Br)cn2)C[C@H]1CC. The number of benzene rings is 1. The molecule has 0 spiro atoms. The minimum Gasteiger partial charge on any atom is -0.481 e. The van der Waals surface area contributed by atoms with E-state index in [1.165, 1.54) is 0 Å². The lowest BCUT2D eigenvalue weighted by Gasteiger charge is -2.40. The van der Waals surface area contributed by atoms with Gasteiger partial charge in [0.1, 0.15) is 5.82 Å². The van der Waals surface area contributed by atoms with E-state index in [0.717, 1.165) is 39.0 Å². The average Bonchev–Trinajstić information content (AvgIpc) is 2.86. The summed E-state index contributed by atoms with van der Waals surface area (Å²) in [5.74, 6) is 1.15. The highest BCUT2D eigenvalue weighted by atomic mass is 79.9. The fourth-order valence-electron chi connectivity index (χ4n) is 4.81. The van der Waals surface area contributed by atoms with Crippen molar-refractivity contribution >= 4 is 27.7 Å². The van der Waals surface area contributed by atoms with Crippen LogP contribution < -0.4 is 15.0 Å². The van der Waals surface area contributed by atoms with E-state index >= 15 is 0 Å². The molecule has 0 fully saturated rings. The van der Waals surface area contributed by atoms with Crippen LogP contribution in [0.2, 0.25) is 0 Å². The number of anilines is 1. The summed E-state index contributed by atoms with van der Waals surface area (Å²) in [6, 6.07) is 9.60. The summed E-state index contributed by atoms with van der Waals surface area (Å²) >= 11 is 3.44. The molecule has 3 heterocycles. The van der Waals surface area contributed by atoms with Gasteiger partial charge in [0.15, 0.2) is 0 Å². The lowest BCUT2D eigenvalue weighted by Crippen LogP contribution is -2.48. The highest BCUT2D eigenvalue weighted by molar-refractivity contribution is 9.10. The number of hydrogen-bond acceptors (Lipinski definition) is 7. The maximum atomic E-state index is 13.0. The van der Waals surface area contributed by atoms with Crippen LogP contribution in [0.4, 0.5) is 10.5 Å². The Kier molecular flexibility index (Phi) is 8.21. The van der Waals surface area contributed by atoms with E-state index in [-0.39, 0.29) is 24.2 Å². The van der Waals surface area contributed by atoms with Crippen molar-refractivity contribution in [1.82, 2.24) is 20.3 Å². The van der Waals surface area contributed by atoms with Crippen molar-refractivity contribution in [3.8, 4) is 5.88 Å². The van der Waals surface area contributed by atoms with Gasteiger partial charge in [0.2, 0.25) is 5.88 Å². The number of pyridine rings is 1. The van der Waals surface area contributed by atoms with Gasteiger partial charge in [-0.15, -0.1) is 0 Å². The zero-order valence-corrected chi connectivity index (χ0v) is 22.9. The van der Waals surface area contributed by atoms with Gasteiger partial charge in [0.25, 0.3) is 0 Å². The Morgan fingerprint density at radius 3 is 2.47 bits per heavy atom. The maximum Gasteiger partial charge on any atom is 0.414 e. The topological polar surface area (TPSA) is 89.5 Å². The third-order valence-corrected chi connectivity index (χ3v) is 6.74. The van der Waals surface area contributed by atoms with Crippen molar-refractivity contribution in [3.05, 3.63) is 75.4 Å². The standard InChI is InChI=1S/C27H32BrN5O3/c1-6-20-13-21(25-22(8-9-23(32-25)35-5)33(20)27(34)36-7-2)31-24(26-29-14-19(28)15-30-26)18-11-16(3)10-17(4)12-18/h8-12,14-15,20-21,24,31H,6-7,13H2,1-5H3/t20-,21+,24?/m1/s1. The number of nitrogens with zero attached hydrogens (tertiary/aromatic N) is 4. The Morgan fingerprint density at radius 2 is 1.86 bits per heavy atom. The molecule has 3 atom stereocenters.